The Kier molecular flexibility index (Phi) is 4.03. The fourth-order valence-corrected chi connectivity index (χ4v) is 2.57. The highest BCUT2D eigenvalue weighted by Crippen LogP contribution is 2.43. The Morgan fingerprint density at radius 1 is 1.24 bits per heavy atom. The minimum atomic E-state index is -0.630. The van der Waals surface area contributed by atoms with Gasteiger partial charge in [-0.25, -0.2) is 0 Å². The second-order valence-corrected chi connectivity index (χ2v) is 5.72. The van der Waals surface area contributed by atoms with Crippen molar-refractivity contribution in [2.75, 3.05) is 13.9 Å². The lowest BCUT2D eigenvalue weighted by atomic mass is 10.0. The SMILES string of the molecule is COc1cc(C(O)Cc2ccc(Br)cc2)cc2c1OCO2. The van der Waals surface area contributed by atoms with E-state index in [2.05, 4.69) is 15.9 Å². The van der Waals surface area contributed by atoms with Crippen molar-refractivity contribution in [2.24, 2.45) is 0 Å². The van der Waals surface area contributed by atoms with Crippen molar-refractivity contribution in [3.63, 3.8) is 0 Å². The van der Waals surface area contributed by atoms with Crippen LogP contribution in [0.5, 0.6) is 17.2 Å². The molecule has 0 spiro atoms. The first-order valence-electron chi connectivity index (χ1n) is 6.57. The van der Waals surface area contributed by atoms with Crippen LogP contribution in [0.3, 0.4) is 0 Å². The fourth-order valence-electron chi connectivity index (χ4n) is 2.30. The lowest BCUT2D eigenvalue weighted by molar-refractivity contribution is 0.170. The van der Waals surface area contributed by atoms with Crippen molar-refractivity contribution >= 4 is 15.9 Å². The molecule has 4 nitrogen and oxygen atoms in total. The molecule has 0 aliphatic carbocycles. The summed E-state index contributed by atoms with van der Waals surface area (Å²) in [6.45, 7) is 0.179. The molecular weight excluding hydrogens is 336 g/mol. The van der Waals surface area contributed by atoms with E-state index in [1.54, 1.807) is 19.2 Å². The minimum Gasteiger partial charge on any atom is -0.493 e. The van der Waals surface area contributed by atoms with E-state index >= 15 is 0 Å². The zero-order valence-electron chi connectivity index (χ0n) is 11.5. The van der Waals surface area contributed by atoms with Crippen LogP contribution in [0.15, 0.2) is 40.9 Å². The molecule has 2 aromatic rings. The maximum absolute atomic E-state index is 10.4. The number of hydrogen-bond donors (Lipinski definition) is 1. The van der Waals surface area contributed by atoms with Gasteiger partial charge in [-0.3, -0.25) is 0 Å². The number of hydrogen-bond acceptors (Lipinski definition) is 4. The third kappa shape index (κ3) is 2.99. The summed E-state index contributed by atoms with van der Waals surface area (Å²) >= 11 is 3.40. The maximum atomic E-state index is 10.4. The van der Waals surface area contributed by atoms with Crippen LogP contribution < -0.4 is 14.2 Å². The van der Waals surface area contributed by atoms with E-state index in [0.29, 0.717) is 23.7 Å². The number of halogens is 1. The average Bonchev–Trinajstić information content (AvgIpc) is 2.97. The van der Waals surface area contributed by atoms with E-state index in [1.807, 2.05) is 24.3 Å². The van der Waals surface area contributed by atoms with Gasteiger partial charge in [-0.05, 0) is 35.4 Å². The van der Waals surface area contributed by atoms with Gasteiger partial charge in [0.1, 0.15) is 0 Å². The molecular formula is C16H15BrO4. The van der Waals surface area contributed by atoms with Gasteiger partial charge in [0, 0.05) is 10.9 Å². The molecule has 110 valence electrons. The van der Waals surface area contributed by atoms with Crippen LogP contribution in [0.4, 0.5) is 0 Å². The van der Waals surface area contributed by atoms with Crippen LogP contribution in [0.1, 0.15) is 17.2 Å². The Morgan fingerprint density at radius 3 is 2.71 bits per heavy atom. The van der Waals surface area contributed by atoms with Gasteiger partial charge in [0.05, 0.1) is 13.2 Å². The molecule has 3 rings (SSSR count). The Labute approximate surface area is 131 Å². The number of aliphatic hydroxyl groups excluding tert-OH is 1. The highest BCUT2D eigenvalue weighted by atomic mass is 79.9. The molecule has 1 unspecified atom stereocenters. The Morgan fingerprint density at radius 2 is 2.00 bits per heavy atom. The number of ether oxygens (including phenoxy) is 3. The van der Waals surface area contributed by atoms with Gasteiger partial charge in [0.15, 0.2) is 11.5 Å². The molecule has 1 aliphatic heterocycles. The summed E-state index contributed by atoms with van der Waals surface area (Å²) in [6.07, 6.45) is -0.106. The summed E-state index contributed by atoms with van der Waals surface area (Å²) in [6, 6.07) is 11.5. The molecule has 0 radical (unpaired) electrons. The average molecular weight is 351 g/mol. The maximum Gasteiger partial charge on any atom is 0.231 e. The van der Waals surface area contributed by atoms with Crippen molar-refractivity contribution in [1.82, 2.24) is 0 Å². The van der Waals surface area contributed by atoms with Crippen LogP contribution in [0.2, 0.25) is 0 Å². The van der Waals surface area contributed by atoms with E-state index in [0.717, 1.165) is 15.6 Å². The molecule has 0 bridgehead atoms. The summed E-state index contributed by atoms with van der Waals surface area (Å²) in [4.78, 5) is 0. The number of aliphatic hydroxyl groups is 1. The standard InChI is InChI=1S/C16H15BrO4/c1-19-14-7-11(8-15-16(14)21-9-20-15)13(18)6-10-2-4-12(17)5-3-10/h2-5,7-8,13,18H,6,9H2,1H3. The Balaban J connectivity index is 1.84. The number of fused-ring (bicyclic) bond motifs is 1. The molecule has 0 aromatic heterocycles. The van der Waals surface area contributed by atoms with E-state index in [1.165, 1.54) is 0 Å². The van der Waals surface area contributed by atoms with E-state index in [-0.39, 0.29) is 6.79 Å². The number of benzene rings is 2. The van der Waals surface area contributed by atoms with Crippen molar-refractivity contribution in [3.8, 4) is 17.2 Å². The molecule has 1 N–H and O–H groups in total. The highest BCUT2D eigenvalue weighted by molar-refractivity contribution is 9.10. The number of methoxy groups -OCH3 is 1. The predicted octanol–water partition coefficient (Wildman–Crippen LogP) is 3.46. The monoisotopic (exact) mass is 350 g/mol. The van der Waals surface area contributed by atoms with Gasteiger partial charge in [-0.2, -0.15) is 0 Å². The zero-order valence-corrected chi connectivity index (χ0v) is 13.1. The smallest absolute Gasteiger partial charge is 0.231 e. The summed E-state index contributed by atoms with van der Waals surface area (Å²) < 4.78 is 17.0. The first-order chi connectivity index (χ1) is 10.2. The van der Waals surface area contributed by atoms with Crippen LogP contribution in [0.25, 0.3) is 0 Å². The van der Waals surface area contributed by atoms with Gasteiger partial charge in [0.2, 0.25) is 12.5 Å². The molecule has 1 heterocycles. The largest absolute Gasteiger partial charge is 0.493 e. The van der Waals surface area contributed by atoms with Crippen molar-refractivity contribution in [3.05, 3.63) is 52.0 Å². The van der Waals surface area contributed by atoms with E-state index < -0.39 is 6.10 Å². The molecule has 5 heteroatoms. The van der Waals surface area contributed by atoms with Gasteiger partial charge in [-0.1, -0.05) is 28.1 Å². The van der Waals surface area contributed by atoms with Crippen molar-refractivity contribution < 1.29 is 19.3 Å². The molecule has 0 amide bonds. The lowest BCUT2D eigenvalue weighted by Gasteiger charge is -2.14. The second kappa shape index (κ2) is 5.95. The third-order valence-corrected chi connectivity index (χ3v) is 3.94. The van der Waals surface area contributed by atoms with Gasteiger partial charge in [-0.15, -0.1) is 0 Å². The Hall–Kier alpha value is -1.72. The summed E-state index contributed by atoms with van der Waals surface area (Å²) in [5.41, 5.74) is 1.81. The minimum absolute atomic E-state index is 0.179. The summed E-state index contributed by atoms with van der Waals surface area (Å²) in [5.74, 6) is 1.78. The van der Waals surface area contributed by atoms with Crippen LogP contribution in [-0.2, 0) is 6.42 Å². The topological polar surface area (TPSA) is 47.9 Å². The highest BCUT2D eigenvalue weighted by Gasteiger charge is 2.22. The summed E-state index contributed by atoms with van der Waals surface area (Å²) in [5, 5.41) is 10.4. The fraction of sp³-hybridized carbons (Fsp3) is 0.250. The Bertz CT molecular complexity index is 639. The first kappa shape index (κ1) is 14.2. The van der Waals surface area contributed by atoms with Crippen LogP contribution >= 0.6 is 15.9 Å². The molecule has 1 aliphatic rings. The molecule has 21 heavy (non-hydrogen) atoms. The molecule has 0 fully saturated rings. The first-order valence-corrected chi connectivity index (χ1v) is 7.36. The van der Waals surface area contributed by atoms with Crippen molar-refractivity contribution in [2.45, 2.75) is 12.5 Å². The molecule has 2 aromatic carbocycles. The van der Waals surface area contributed by atoms with E-state index in [9.17, 15) is 5.11 Å². The van der Waals surface area contributed by atoms with Crippen molar-refractivity contribution in [1.29, 1.82) is 0 Å². The van der Waals surface area contributed by atoms with Gasteiger partial charge < -0.3 is 19.3 Å². The van der Waals surface area contributed by atoms with Gasteiger partial charge >= 0.3 is 0 Å². The van der Waals surface area contributed by atoms with Crippen LogP contribution in [-0.4, -0.2) is 19.0 Å². The molecule has 0 saturated heterocycles. The zero-order chi connectivity index (χ0) is 14.8. The number of rotatable bonds is 4. The van der Waals surface area contributed by atoms with E-state index in [4.69, 9.17) is 14.2 Å². The predicted molar refractivity (Wildman–Crippen MR) is 81.9 cm³/mol. The van der Waals surface area contributed by atoms with Crippen LogP contribution in [0, 0.1) is 0 Å². The summed E-state index contributed by atoms with van der Waals surface area (Å²) in [7, 11) is 1.57. The van der Waals surface area contributed by atoms with Gasteiger partial charge in [0.25, 0.3) is 0 Å². The third-order valence-electron chi connectivity index (χ3n) is 3.41. The lowest BCUT2D eigenvalue weighted by Crippen LogP contribution is -2.02. The quantitative estimate of drug-likeness (QED) is 0.917. The second-order valence-electron chi connectivity index (χ2n) is 4.80. The normalized spacial score (nSPS) is 14.0. The molecule has 1 atom stereocenters. The molecule has 0 saturated carbocycles.